The van der Waals surface area contributed by atoms with Crippen LogP contribution in [0.2, 0.25) is 0 Å². The summed E-state index contributed by atoms with van der Waals surface area (Å²) in [6.45, 7) is 29.5. The average molecular weight is 721 g/mol. The Kier molecular flexibility index (Phi) is 15.4. The Morgan fingerprint density at radius 2 is 1.16 bits per heavy atom. The zero-order valence-corrected chi connectivity index (χ0v) is 34.9. The van der Waals surface area contributed by atoms with Crippen molar-refractivity contribution in [1.29, 1.82) is 0 Å². The van der Waals surface area contributed by atoms with Crippen LogP contribution in [0.3, 0.4) is 0 Å². The first-order chi connectivity index (χ1) is 26.7. The van der Waals surface area contributed by atoms with Gasteiger partial charge in [0, 0.05) is 0 Å². The quantitative estimate of drug-likeness (QED) is 0.0976. The average Bonchev–Trinajstić information content (AvgIpc) is 3.24. The molecule has 1 unspecified atom stereocenters. The van der Waals surface area contributed by atoms with E-state index in [0.717, 1.165) is 11.1 Å². The van der Waals surface area contributed by atoms with Crippen molar-refractivity contribution in [2.45, 2.75) is 75.2 Å². The van der Waals surface area contributed by atoms with Gasteiger partial charge in [-0.15, -0.1) is 0 Å². The molecular weight excluding hydrogens is 661 g/mol. The zero-order valence-electron chi connectivity index (χ0n) is 34.9. The van der Waals surface area contributed by atoms with Crippen molar-refractivity contribution in [1.82, 2.24) is 0 Å². The van der Waals surface area contributed by atoms with Gasteiger partial charge in [0.15, 0.2) is 0 Å². The molecule has 0 N–H and O–H groups in total. The first kappa shape index (κ1) is 42.0. The molecule has 0 aliphatic carbocycles. The first-order valence-corrected chi connectivity index (χ1v) is 19.9. The SMILES string of the molecule is C=CC(=C/C(C)c1cccc(-c2c(/C=C(\C=C)c3ccccc3)c(C)c(-c3cccc(-c4ccc(C)c(C)c4)c3)c3ccccc23)c1)/C(C)=C\C.CC.CC. The molecule has 0 radical (unpaired) electrons. The predicted octanol–water partition coefficient (Wildman–Crippen LogP) is 16.7. The van der Waals surface area contributed by atoms with Crippen LogP contribution in [0.4, 0.5) is 0 Å². The fourth-order valence-corrected chi connectivity index (χ4v) is 7.14. The molecule has 6 rings (SSSR count). The molecule has 0 saturated heterocycles. The second-order valence-electron chi connectivity index (χ2n) is 13.6. The van der Waals surface area contributed by atoms with E-state index in [4.69, 9.17) is 0 Å². The summed E-state index contributed by atoms with van der Waals surface area (Å²) in [4.78, 5) is 0. The lowest BCUT2D eigenvalue weighted by Gasteiger charge is -2.22. The molecule has 6 aromatic carbocycles. The van der Waals surface area contributed by atoms with Crippen LogP contribution in [-0.2, 0) is 0 Å². The van der Waals surface area contributed by atoms with E-state index in [0.29, 0.717) is 0 Å². The van der Waals surface area contributed by atoms with Gasteiger partial charge in [0.1, 0.15) is 0 Å². The Hall–Kier alpha value is -5.72. The third kappa shape index (κ3) is 9.51. The molecule has 0 nitrogen and oxygen atoms in total. The number of aryl methyl sites for hydroxylation is 2. The molecule has 6 aromatic rings. The summed E-state index contributed by atoms with van der Waals surface area (Å²) < 4.78 is 0. The normalized spacial score (nSPS) is 12.2. The van der Waals surface area contributed by atoms with Crippen molar-refractivity contribution in [3.8, 4) is 33.4 Å². The highest BCUT2D eigenvalue weighted by Crippen LogP contribution is 2.44. The van der Waals surface area contributed by atoms with Gasteiger partial charge in [0.2, 0.25) is 0 Å². The summed E-state index contributed by atoms with van der Waals surface area (Å²) >= 11 is 0. The summed E-state index contributed by atoms with van der Waals surface area (Å²) in [6.07, 6.45) is 10.8. The van der Waals surface area contributed by atoms with Gasteiger partial charge in [0.25, 0.3) is 0 Å². The monoisotopic (exact) mass is 720 g/mol. The maximum atomic E-state index is 4.27. The second kappa shape index (κ2) is 20.1. The topological polar surface area (TPSA) is 0 Å². The van der Waals surface area contributed by atoms with Crippen LogP contribution in [0.15, 0.2) is 170 Å². The number of benzene rings is 6. The summed E-state index contributed by atoms with van der Waals surface area (Å²) in [7, 11) is 0. The van der Waals surface area contributed by atoms with Crippen LogP contribution in [-0.4, -0.2) is 0 Å². The Labute approximate surface area is 333 Å². The van der Waals surface area contributed by atoms with Crippen molar-refractivity contribution >= 4 is 22.4 Å². The highest BCUT2D eigenvalue weighted by molar-refractivity contribution is 6.11. The molecule has 0 fully saturated rings. The lowest BCUT2D eigenvalue weighted by molar-refractivity contribution is 0.959. The van der Waals surface area contributed by atoms with E-state index in [9.17, 15) is 0 Å². The maximum Gasteiger partial charge on any atom is -0.000114 e. The van der Waals surface area contributed by atoms with E-state index < -0.39 is 0 Å². The predicted molar refractivity (Wildman–Crippen MR) is 248 cm³/mol. The number of allylic oxidation sites excluding steroid dienone is 7. The number of hydrogen-bond acceptors (Lipinski definition) is 0. The number of rotatable bonds is 10. The van der Waals surface area contributed by atoms with Gasteiger partial charge in [-0.1, -0.05) is 187 Å². The molecule has 0 amide bonds. The molecule has 1 atom stereocenters. The van der Waals surface area contributed by atoms with Gasteiger partial charge in [0.05, 0.1) is 0 Å². The minimum Gasteiger partial charge on any atom is -0.0985 e. The van der Waals surface area contributed by atoms with Crippen molar-refractivity contribution in [2.24, 2.45) is 0 Å². The van der Waals surface area contributed by atoms with Crippen LogP contribution >= 0.6 is 0 Å². The minimum absolute atomic E-state index is 0.208. The highest BCUT2D eigenvalue weighted by atomic mass is 14.2. The van der Waals surface area contributed by atoms with Crippen LogP contribution in [0, 0.1) is 20.8 Å². The van der Waals surface area contributed by atoms with Crippen LogP contribution in [0.1, 0.15) is 87.8 Å². The van der Waals surface area contributed by atoms with Gasteiger partial charge in [-0.3, -0.25) is 0 Å². The van der Waals surface area contributed by atoms with E-state index in [1.165, 1.54) is 83.1 Å². The summed E-state index contributed by atoms with van der Waals surface area (Å²) in [6, 6.07) is 44.4. The van der Waals surface area contributed by atoms with E-state index in [1.54, 1.807) is 0 Å². The largest absolute Gasteiger partial charge is 0.0985 e. The molecule has 280 valence electrons. The highest BCUT2D eigenvalue weighted by Gasteiger charge is 2.20. The molecule has 0 heteroatoms. The fraction of sp³-hybridized carbons (Fsp3) is 0.200. The van der Waals surface area contributed by atoms with E-state index in [-0.39, 0.29) is 5.92 Å². The van der Waals surface area contributed by atoms with Crippen molar-refractivity contribution < 1.29 is 0 Å². The molecule has 0 spiro atoms. The van der Waals surface area contributed by atoms with Gasteiger partial charge < -0.3 is 0 Å². The van der Waals surface area contributed by atoms with E-state index >= 15 is 0 Å². The van der Waals surface area contributed by atoms with Crippen LogP contribution in [0.25, 0.3) is 55.8 Å². The van der Waals surface area contributed by atoms with Crippen molar-refractivity contribution in [3.05, 3.63) is 203 Å². The Bertz CT molecular complexity index is 2340. The van der Waals surface area contributed by atoms with Gasteiger partial charge in [-0.05, 0) is 147 Å². The van der Waals surface area contributed by atoms with Gasteiger partial charge in [-0.2, -0.15) is 0 Å². The van der Waals surface area contributed by atoms with Gasteiger partial charge in [-0.25, -0.2) is 0 Å². The van der Waals surface area contributed by atoms with Crippen molar-refractivity contribution in [2.75, 3.05) is 0 Å². The summed E-state index contributed by atoms with van der Waals surface area (Å²) in [5.41, 5.74) is 18.3. The standard InChI is InChI=1S/C51H48.2C2H6/c1-9-34(4)39(10-2)30-37(7)42-21-17-24-46(31-42)51-48-26-16-15-25-47(48)50(38(8)49(51)33-40(11-3)41-19-13-12-14-20-41)45-23-18-22-43(32-45)44-28-27-35(5)36(6)29-44;2*1-2/h9-33,37H,2-3H2,1,4-8H3;2*1-2H3/b34-9-,39-30-,40-33+;;. The molecule has 0 aromatic heterocycles. The summed E-state index contributed by atoms with van der Waals surface area (Å²) in [5.74, 6) is 0.208. The van der Waals surface area contributed by atoms with E-state index in [1.807, 2.05) is 39.8 Å². The first-order valence-electron chi connectivity index (χ1n) is 19.9. The van der Waals surface area contributed by atoms with Crippen LogP contribution in [0.5, 0.6) is 0 Å². The second-order valence-corrected chi connectivity index (χ2v) is 13.6. The maximum absolute atomic E-state index is 4.27. The zero-order chi connectivity index (χ0) is 40.1. The molecular formula is C55H60. The minimum atomic E-state index is 0.208. The molecule has 0 heterocycles. The molecule has 0 aliphatic rings. The smallest absolute Gasteiger partial charge is 0.000114 e. The lowest BCUT2D eigenvalue weighted by Crippen LogP contribution is -1.98. The third-order valence-corrected chi connectivity index (χ3v) is 10.4. The Morgan fingerprint density at radius 1 is 0.582 bits per heavy atom. The Balaban J connectivity index is 0.00000163. The van der Waals surface area contributed by atoms with Gasteiger partial charge >= 0.3 is 0 Å². The molecule has 0 bridgehead atoms. The van der Waals surface area contributed by atoms with Crippen LogP contribution < -0.4 is 0 Å². The molecule has 55 heavy (non-hydrogen) atoms. The van der Waals surface area contributed by atoms with E-state index in [2.05, 4.69) is 194 Å². The van der Waals surface area contributed by atoms with Crippen molar-refractivity contribution in [3.63, 3.8) is 0 Å². The third-order valence-electron chi connectivity index (χ3n) is 10.4. The molecule has 0 saturated carbocycles. The lowest BCUT2D eigenvalue weighted by atomic mass is 9.82. The summed E-state index contributed by atoms with van der Waals surface area (Å²) in [5, 5.41) is 2.48. The molecule has 0 aliphatic heterocycles. The fourth-order valence-electron chi connectivity index (χ4n) is 7.14. The number of fused-ring (bicyclic) bond motifs is 1. The Morgan fingerprint density at radius 3 is 1.78 bits per heavy atom. The number of hydrogen-bond donors (Lipinski definition) is 0.